The normalized spacial score (nSPS) is 11.0. The van der Waals surface area contributed by atoms with Gasteiger partial charge in [0, 0.05) is 24.4 Å². The van der Waals surface area contributed by atoms with Gasteiger partial charge in [-0.25, -0.2) is 9.97 Å². The first kappa shape index (κ1) is 16.1. The lowest BCUT2D eigenvalue weighted by atomic mass is 10.1. The van der Waals surface area contributed by atoms with Crippen LogP contribution in [0.3, 0.4) is 0 Å². The molecule has 0 aliphatic heterocycles. The third-order valence-electron chi connectivity index (χ3n) is 4.06. The van der Waals surface area contributed by atoms with Crippen molar-refractivity contribution in [2.45, 2.75) is 26.3 Å². The average Bonchev–Trinajstić information content (AvgIpc) is 3.04. The molecular formula is C18H22N4O2. The van der Waals surface area contributed by atoms with Crippen LogP contribution in [0.1, 0.15) is 30.9 Å². The summed E-state index contributed by atoms with van der Waals surface area (Å²) in [6, 6.07) is 5.77. The number of H-pyrrole nitrogens is 1. The third-order valence-corrected chi connectivity index (χ3v) is 4.06. The lowest BCUT2D eigenvalue weighted by molar-refractivity contribution is 0.391. The molecule has 3 rings (SSSR count). The molecule has 0 saturated heterocycles. The molecule has 0 spiro atoms. The summed E-state index contributed by atoms with van der Waals surface area (Å²) in [6.45, 7) is 4.90. The van der Waals surface area contributed by atoms with E-state index in [1.54, 1.807) is 20.5 Å². The van der Waals surface area contributed by atoms with Crippen molar-refractivity contribution >= 4 is 16.9 Å². The number of benzene rings is 1. The summed E-state index contributed by atoms with van der Waals surface area (Å²) < 4.78 is 10.7. The number of nitrogens with zero attached hydrogens (tertiary/aromatic N) is 2. The topological polar surface area (TPSA) is 72.1 Å². The van der Waals surface area contributed by atoms with Crippen LogP contribution >= 0.6 is 0 Å². The summed E-state index contributed by atoms with van der Waals surface area (Å²) in [6.07, 6.45) is 3.60. The van der Waals surface area contributed by atoms with Crippen LogP contribution in [0.2, 0.25) is 0 Å². The number of hydrogen-bond acceptors (Lipinski definition) is 5. The van der Waals surface area contributed by atoms with Gasteiger partial charge in [-0.1, -0.05) is 13.8 Å². The molecule has 6 nitrogen and oxygen atoms in total. The first-order valence-electron chi connectivity index (χ1n) is 7.90. The molecule has 3 aromatic rings. The Morgan fingerprint density at radius 3 is 2.71 bits per heavy atom. The second-order valence-electron chi connectivity index (χ2n) is 5.88. The van der Waals surface area contributed by atoms with Crippen LogP contribution in [0, 0.1) is 0 Å². The smallest absolute Gasteiger partial charge is 0.154 e. The van der Waals surface area contributed by atoms with Crippen molar-refractivity contribution in [2.24, 2.45) is 0 Å². The zero-order valence-corrected chi connectivity index (χ0v) is 14.4. The van der Waals surface area contributed by atoms with Crippen LogP contribution in [0.25, 0.3) is 11.0 Å². The third kappa shape index (κ3) is 2.99. The molecule has 2 heterocycles. The molecule has 6 heteroatoms. The number of ether oxygens (including phenoxy) is 2. The van der Waals surface area contributed by atoms with Crippen LogP contribution in [-0.2, 0) is 6.54 Å². The molecule has 1 aromatic carbocycles. The molecule has 0 saturated carbocycles. The van der Waals surface area contributed by atoms with E-state index in [4.69, 9.17) is 9.47 Å². The van der Waals surface area contributed by atoms with E-state index in [0.29, 0.717) is 12.5 Å². The lowest BCUT2D eigenvalue weighted by Gasteiger charge is -2.12. The van der Waals surface area contributed by atoms with E-state index in [1.165, 1.54) is 5.56 Å². The fraction of sp³-hybridized carbons (Fsp3) is 0.333. The van der Waals surface area contributed by atoms with Crippen LogP contribution < -0.4 is 14.8 Å². The van der Waals surface area contributed by atoms with Gasteiger partial charge in [0.15, 0.2) is 5.82 Å². The quantitative estimate of drug-likeness (QED) is 0.722. The molecule has 0 aliphatic rings. The van der Waals surface area contributed by atoms with E-state index in [2.05, 4.69) is 34.1 Å². The molecule has 24 heavy (non-hydrogen) atoms. The standard InChI is InChI=1S/C18H22N4O2/c1-11(2)14-9-19-17-16(14)21-10-22-18(17)20-8-12-5-6-13(23-3)7-15(12)24-4/h5-7,9-11,19H,8H2,1-4H3,(H,20,21,22). The van der Waals surface area contributed by atoms with Crippen molar-refractivity contribution in [3.8, 4) is 11.5 Å². The second kappa shape index (κ2) is 6.78. The van der Waals surface area contributed by atoms with Gasteiger partial charge in [0.2, 0.25) is 0 Å². The predicted molar refractivity (Wildman–Crippen MR) is 94.9 cm³/mol. The van der Waals surface area contributed by atoms with Gasteiger partial charge in [-0.2, -0.15) is 0 Å². The van der Waals surface area contributed by atoms with E-state index >= 15 is 0 Å². The van der Waals surface area contributed by atoms with E-state index < -0.39 is 0 Å². The van der Waals surface area contributed by atoms with E-state index in [0.717, 1.165) is 33.9 Å². The van der Waals surface area contributed by atoms with Gasteiger partial charge in [-0.3, -0.25) is 0 Å². The Morgan fingerprint density at radius 2 is 2.00 bits per heavy atom. The number of methoxy groups -OCH3 is 2. The maximum absolute atomic E-state index is 5.44. The van der Waals surface area contributed by atoms with Gasteiger partial charge in [-0.05, 0) is 23.6 Å². The van der Waals surface area contributed by atoms with Crippen molar-refractivity contribution in [3.63, 3.8) is 0 Å². The lowest BCUT2D eigenvalue weighted by Crippen LogP contribution is -2.04. The van der Waals surface area contributed by atoms with Gasteiger partial charge in [0.25, 0.3) is 0 Å². The SMILES string of the molecule is COc1ccc(CNc2ncnc3c(C(C)C)c[nH]c23)c(OC)c1. The first-order valence-corrected chi connectivity index (χ1v) is 7.90. The highest BCUT2D eigenvalue weighted by atomic mass is 16.5. The van der Waals surface area contributed by atoms with Gasteiger partial charge in [0.05, 0.1) is 19.7 Å². The summed E-state index contributed by atoms with van der Waals surface area (Å²) in [7, 11) is 3.29. The van der Waals surface area contributed by atoms with Gasteiger partial charge in [-0.15, -0.1) is 0 Å². The van der Waals surface area contributed by atoms with Crippen molar-refractivity contribution in [2.75, 3.05) is 19.5 Å². The Hall–Kier alpha value is -2.76. The number of anilines is 1. The zero-order chi connectivity index (χ0) is 17.1. The molecule has 0 fully saturated rings. The highest BCUT2D eigenvalue weighted by Crippen LogP contribution is 2.28. The summed E-state index contributed by atoms with van der Waals surface area (Å²) in [5, 5.41) is 3.37. The molecule has 0 amide bonds. The van der Waals surface area contributed by atoms with Gasteiger partial charge >= 0.3 is 0 Å². The second-order valence-corrected chi connectivity index (χ2v) is 5.88. The average molecular weight is 326 g/mol. The van der Waals surface area contributed by atoms with E-state index in [9.17, 15) is 0 Å². The number of nitrogens with one attached hydrogen (secondary N) is 2. The van der Waals surface area contributed by atoms with Crippen LogP contribution in [0.5, 0.6) is 11.5 Å². The molecule has 0 radical (unpaired) electrons. The Kier molecular flexibility index (Phi) is 4.55. The molecule has 0 unspecified atom stereocenters. The highest BCUT2D eigenvalue weighted by Gasteiger charge is 2.13. The maximum Gasteiger partial charge on any atom is 0.154 e. The van der Waals surface area contributed by atoms with Crippen LogP contribution in [0.4, 0.5) is 5.82 Å². The zero-order valence-electron chi connectivity index (χ0n) is 14.4. The molecule has 0 bridgehead atoms. The monoisotopic (exact) mass is 326 g/mol. The molecule has 2 aromatic heterocycles. The highest BCUT2D eigenvalue weighted by molar-refractivity contribution is 5.88. The summed E-state index contributed by atoms with van der Waals surface area (Å²) in [5.41, 5.74) is 4.11. The van der Waals surface area contributed by atoms with E-state index in [-0.39, 0.29) is 0 Å². The Balaban J connectivity index is 1.86. The van der Waals surface area contributed by atoms with Gasteiger partial charge in [0.1, 0.15) is 23.3 Å². The summed E-state index contributed by atoms with van der Waals surface area (Å²) in [5.74, 6) is 2.74. The Morgan fingerprint density at radius 1 is 1.17 bits per heavy atom. The minimum atomic E-state index is 0.406. The molecular weight excluding hydrogens is 304 g/mol. The molecule has 126 valence electrons. The van der Waals surface area contributed by atoms with Gasteiger partial charge < -0.3 is 19.8 Å². The van der Waals surface area contributed by atoms with Crippen LogP contribution in [0.15, 0.2) is 30.7 Å². The molecule has 0 aliphatic carbocycles. The van der Waals surface area contributed by atoms with Crippen molar-refractivity contribution in [3.05, 3.63) is 41.9 Å². The van der Waals surface area contributed by atoms with Crippen LogP contribution in [-0.4, -0.2) is 29.2 Å². The number of hydrogen-bond donors (Lipinski definition) is 2. The van der Waals surface area contributed by atoms with Crippen molar-refractivity contribution < 1.29 is 9.47 Å². The predicted octanol–water partition coefficient (Wildman–Crippen LogP) is 3.71. The summed E-state index contributed by atoms with van der Waals surface area (Å²) >= 11 is 0. The largest absolute Gasteiger partial charge is 0.497 e. The number of rotatable bonds is 6. The number of aromatic amines is 1. The Bertz CT molecular complexity index is 842. The first-order chi connectivity index (χ1) is 11.6. The van der Waals surface area contributed by atoms with Crippen molar-refractivity contribution in [1.29, 1.82) is 0 Å². The minimum Gasteiger partial charge on any atom is -0.497 e. The minimum absolute atomic E-state index is 0.406. The molecule has 0 atom stereocenters. The molecule has 2 N–H and O–H groups in total. The van der Waals surface area contributed by atoms with E-state index in [1.807, 2.05) is 24.4 Å². The maximum atomic E-state index is 5.44. The fourth-order valence-corrected chi connectivity index (χ4v) is 2.71. The van der Waals surface area contributed by atoms with Crippen molar-refractivity contribution in [1.82, 2.24) is 15.0 Å². The fourth-order valence-electron chi connectivity index (χ4n) is 2.71. The summed E-state index contributed by atoms with van der Waals surface area (Å²) in [4.78, 5) is 12.1. The number of aromatic nitrogens is 3. The Labute approximate surface area is 141 Å². The number of fused-ring (bicyclic) bond motifs is 1.